The molecule has 0 saturated heterocycles. The summed E-state index contributed by atoms with van der Waals surface area (Å²) in [7, 11) is 0. The molecule has 0 aliphatic rings. The van der Waals surface area contributed by atoms with Gasteiger partial charge >= 0.3 is 0 Å². The van der Waals surface area contributed by atoms with Gasteiger partial charge < -0.3 is 11.1 Å². The Bertz CT molecular complexity index is 1490. The molecule has 0 aliphatic carbocycles. The molecule has 4 nitrogen and oxygen atoms in total. The van der Waals surface area contributed by atoms with Crippen LogP contribution in [-0.2, 0) is 13.1 Å². The number of carbonyl (C=O) groups excluding carboxylic acids is 1. The summed E-state index contributed by atoms with van der Waals surface area (Å²) in [5.41, 5.74) is 12.0. The lowest BCUT2D eigenvalue weighted by atomic mass is 10.0. The second-order valence-corrected chi connectivity index (χ2v) is 9.42. The van der Waals surface area contributed by atoms with Crippen molar-refractivity contribution in [3.05, 3.63) is 99.4 Å². The van der Waals surface area contributed by atoms with Crippen molar-refractivity contribution < 1.29 is 4.79 Å². The highest BCUT2D eigenvalue weighted by Crippen LogP contribution is 2.36. The lowest BCUT2D eigenvalue weighted by Crippen LogP contribution is -2.23. The number of pyridine rings is 1. The molecule has 3 aromatic carbocycles. The molecule has 0 atom stereocenters. The predicted octanol–water partition coefficient (Wildman–Crippen LogP) is 6.47. The first-order valence-electron chi connectivity index (χ1n) is 10.7. The molecule has 0 aliphatic heterocycles. The average molecular weight is 472 g/mol. The minimum absolute atomic E-state index is 0.130. The zero-order chi connectivity index (χ0) is 22.9. The normalized spacial score (nSPS) is 11.2. The highest BCUT2D eigenvalue weighted by Gasteiger charge is 2.16. The first kappa shape index (κ1) is 21.6. The molecule has 0 bridgehead atoms. The van der Waals surface area contributed by atoms with Crippen molar-refractivity contribution in [1.29, 1.82) is 0 Å². The fourth-order valence-corrected chi connectivity index (χ4v) is 5.04. The predicted molar refractivity (Wildman–Crippen MR) is 138 cm³/mol. The van der Waals surface area contributed by atoms with Crippen LogP contribution in [0.1, 0.15) is 27.0 Å². The highest BCUT2D eigenvalue weighted by atomic mass is 35.5. The molecule has 0 spiro atoms. The maximum absolute atomic E-state index is 13.3. The Balaban J connectivity index is 1.55. The largest absolute Gasteiger partial charge is 0.348 e. The summed E-state index contributed by atoms with van der Waals surface area (Å²) in [4.78, 5) is 18.2. The first-order chi connectivity index (χ1) is 16.0. The summed E-state index contributed by atoms with van der Waals surface area (Å²) in [5, 5.41) is 7.70. The molecule has 33 heavy (non-hydrogen) atoms. The number of fused-ring (bicyclic) bond motifs is 2. The Morgan fingerprint density at radius 2 is 1.79 bits per heavy atom. The van der Waals surface area contributed by atoms with Crippen molar-refractivity contribution >= 4 is 49.8 Å². The van der Waals surface area contributed by atoms with Crippen molar-refractivity contribution in [2.45, 2.75) is 20.0 Å². The molecular formula is C27H22ClN3OS. The van der Waals surface area contributed by atoms with Crippen LogP contribution in [0.2, 0.25) is 5.02 Å². The number of halogens is 1. The summed E-state index contributed by atoms with van der Waals surface area (Å²) in [6, 6.07) is 21.7. The van der Waals surface area contributed by atoms with Gasteiger partial charge in [-0.25, -0.2) is 4.98 Å². The van der Waals surface area contributed by atoms with Gasteiger partial charge in [0.1, 0.15) is 0 Å². The molecule has 2 heterocycles. The Labute approximate surface area is 201 Å². The van der Waals surface area contributed by atoms with Gasteiger partial charge in [-0.15, -0.1) is 11.3 Å². The Morgan fingerprint density at radius 1 is 1.00 bits per heavy atom. The molecule has 0 saturated carbocycles. The third-order valence-corrected chi connectivity index (χ3v) is 6.93. The van der Waals surface area contributed by atoms with Gasteiger partial charge in [-0.05, 0) is 54.4 Å². The van der Waals surface area contributed by atoms with Gasteiger partial charge in [0.15, 0.2) is 0 Å². The molecule has 1 amide bonds. The van der Waals surface area contributed by atoms with Crippen molar-refractivity contribution in [1.82, 2.24) is 10.3 Å². The second-order valence-electron chi connectivity index (χ2n) is 8.07. The zero-order valence-corrected chi connectivity index (χ0v) is 19.6. The van der Waals surface area contributed by atoms with Crippen molar-refractivity contribution in [2.75, 3.05) is 0 Å². The number of aryl methyl sites for hydroxylation is 1. The number of aromatic nitrogens is 1. The van der Waals surface area contributed by atoms with Gasteiger partial charge in [-0.3, -0.25) is 4.79 Å². The van der Waals surface area contributed by atoms with E-state index in [0.29, 0.717) is 23.7 Å². The molecule has 3 N–H and O–H groups in total. The Morgan fingerprint density at radius 3 is 2.58 bits per heavy atom. The van der Waals surface area contributed by atoms with Crippen LogP contribution in [0.3, 0.4) is 0 Å². The van der Waals surface area contributed by atoms with Crippen LogP contribution in [0.15, 0.2) is 72.1 Å². The molecule has 5 aromatic rings. The van der Waals surface area contributed by atoms with Gasteiger partial charge in [0.05, 0.1) is 16.8 Å². The summed E-state index contributed by atoms with van der Waals surface area (Å²) < 4.78 is 1.13. The number of rotatable bonds is 5. The van der Waals surface area contributed by atoms with Crippen molar-refractivity contribution in [3.8, 4) is 11.3 Å². The van der Waals surface area contributed by atoms with Gasteiger partial charge in [0, 0.05) is 44.5 Å². The van der Waals surface area contributed by atoms with Crippen LogP contribution in [-0.4, -0.2) is 10.9 Å². The van der Waals surface area contributed by atoms with Crippen LogP contribution < -0.4 is 11.1 Å². The molecule has 0 fully saturated rings. The standard InChI is InChI=1S/C27H22ClN3OS/c1-16-2-8-24-20(10-16)22(27(32)30-14-18-5-3-17(13-29)4-6-18)12-25(31-24)23-15-33-26-9-7-19(28)11-21(23)26/h2-12,15H,13-14,29H2,1H3,(H,30,32). The number of hydrogen-bond donors (Lipinski definition) is 2. The molecule has 0 unspecified atom stereocenters. The van der Waals surface area contributed by atoms with Gasteiger partial charge in [0.25, 0.3) is 5.91 Å². The lowest BCUT2D eigenvalue weighted by molar-refractivity contribution is 0.0952. The first-order valence-corrected chi connectivity index (χ1v) is 11.9. The number of nitrogens with two attached hydrogens (primary N) is 1. The molecular weight excluding hydrogens is 450 g/mol. The summed E-state index contributed by atoms with van der Waals surface area (Å²) in [6.45, 7) is 2.95. The van der Waals surface area contributed by atoms with E-state index in [4.69, 9.17) is 22.3 Å². The molecule has 0 radical (unpaired) electrons. The zero-order valence-electron chi connectivity index (χ0n) is 18.1. The Hall–Kier alpha value is -3.25. The van der Waals surface area contributed by atoms with Crippen LogP contribution in [0.5, 0.6) is 0 Å². The molecule has 5 rings (SSSR count). The maximum atomic E-state index is 13.3. The summed E-state index contributed by atoms with van der Waals surface area (Å²) in [6.07, 6.45) is 0. The van der Waals surface area contributed by atoms with Crippen LogP contribution in [0.4, 0.5) is 0 Å². The topological polar surface area (TPSA) is 68.0 Å². The van der Waals surface area contributed by atoms with Crippen molar-refractivity contribution in [2.24, 2.45) is 5.73 Å². The quantitative estimate of drug-likeness (QED) is 0.309. The van der Waals surface area contributed by atoms with E-state index >= 15 is 0 Å². The SMILES string of the molecule is Cc1ccc2nc(-c3csc4ccc(Cl)cc34)cc(C(=O)NCc3ccc(CN)cc3)c2c1. The fourth-order valence-electron chi connectivity index (χ4n) is 3.94. The van der Waals surface area contributed by atoms with E-state index in [2.05, 4.69) is 10.7 Å². The molecule has 2 aromatic heterocycles. The average Bonchev–Trinajstić information content (AvgIpc) is 3.25. The smallest absolute Gasteiger partial charge is 0.252 e. The van der Waals surface area contributed by atoms with Gasteiger partial charge in [0.2, 0.25) is 0 Å². The van der Waals surface area contributed by atoms with E-state index in [1.54, 1.807) is 11.3 Å². The summed E-state index contributed by atoms with van der Waals surface area (Å²) >= 11 is 7.90. The number of carbonyl (C=O) groups is 1. The van der Waals surface area contributed by atoms with E-state index in [1.807, 2.05) is 73.7 Å². The van der Waals surface area contributed by atoms with Crippen LogP contribution >= 0.6 is 22.9 Å². The van der Waals surface area contributed by atoms with E-state index in [0.717, 1.165) is 48.9 Å². The van der Waals surface area contributed by atoms with E-state index < -0.39 is 0 Å². The van der Waals surface area contributed by atoms with E-state index in [9.17, 15) is 4.79 Å². The Kier molecular flexibility index (Phi) is 5.85. The lowest BCUT2D eigenvalue weighted by Gasteiger charge is -2.11. The third kappa shape index (κ3) is 4.35. The number of hydrogen-bond acceptors (Lipinski definition) is 4. The van der Waals surface area contributed by atoms with E-state index in [1.165, 1.54) is 0 Å². The number of nitrogens with zero attached hydrogens (tertiary/aromatic N) is 1. The van der Waals surface area contributed by atoms with Crippen molar-refractivity contribution in [3.63, 3.8) is 0 Å². The highest BCUT2D eigenvalue weighted by molar-refractivity contribution is 7.17. The summed E-state index contributed by atoms with van der Waals surface area (Å²) in [5.74, 6) is -0.130. The molecule has 164 valence electrons. The van der Waals surface area contributed by atoms with Gasteiger partial charge in [-0.1, -0.05) is 47.5 Å². The maximum Gasteiger partial charge on any atom is 0.252 e. The minimum Gasteiger partial charge on any atom is -0.348 e. The van der Waals surface area contributed by atoms with E-state index in [-0.39, 0.29) is 5.91 Å². The number of thiophene rings is 1. The number of nitrogens with one attached hydrogen (secondary N) is 1. The van der Waals surface area contributed by atoms with Gasteiger partial charge in [-0.2, -0.15) is 0 Å². The second kappa shape index (κ2) is 8.94. The number of benzene rings is 3. The minimum atomic E-state index is -0.130. The van der Waals surface area contributed by atoms with Crippen LogP contribution in [0, 0.1) is 6.92 Å². The third-order valence-electron chi connectivity index (χ3n) is 5.73. The van der Waals surface area contributed by atoms with Crippen LogP contribution in [0.25, 0.3) is 32.2 Å². The number of amides is 1. The monoisotopic (exact) mass is 471 g/mol. The molecule has 6 heteroatoms. The fraction of sp³-hybridized carbons (Fsp3) is 0.111.